The number of halogens is 2. The number of anilines is 1. The van der Waals surface area contributed by atoms with Gasteiger partial charge in [0.25, 0.3) is 5.56 Å². The number of nitrogens with one attached hydrogen (secondary N) is 1. The summed E-state index contributed by atoms with van der Waals surface area (Å²) in [6.07, 6.45) is 2.03. The minimum absolute atomic E-state index is 0.0278. The van der Waals surface area contributed by atoms with Gasteiger partial charge >= 0.3 is 0 Å². The number of aliphatic hydroxyl groups excluding tert-OH is 1. The van der Waals surface area contributed by atoms with E-state index in [9.17, 15) is 18.7 Å². The fraction of sp³-hybridized carbons (Fsp3) is 0.458. The fourth-order valence-electron chi connectivity index (χ4n) is 3.49. The van der Waals surface area contributed by atoms with Gasteiger partial charge in [0.15, 0.2) is 17.3 Å². The maximum atomic E-state index is 14.1. The second-order valence-corrected chi connectivity index (χ2v) is 8.03. The number of aromatic nitrogens is 3. The van der Waals surface area contributed by atoms with Crippen molar-refractivity contribution in [2.75, 3.05) is 32.2 Å². The van der Waals surface area contributed by atoms with Gasteiger partial charge in [0.1, 0.15) is 11.5 Å². The summed E-state index contributed by atoms with van der Waals surface area (Å²) in [6, 6.07) is 4.15. The molecule has 35 heavy (non-hydrogen) atoms. The highest BCUT2D eigenvalue weighted by molar-refractivity contribution is 5.77. The Hall–Kier alpha value is -3.15. The Labute approximate surface area is 201 Å². The number of nitrogens with zero attached hydrogens (tertiary/aromatic N) is 3. The predicted octanol–water partition coefficient (Wildman–Crippen LogP) is 3.49. The van der Waals surface area contributed by atoms with E-state index >= 15 is 0 Å². The number of benzene rings is 1. The van der Waals surface area contributed by atoms with E-state index in [1.165, 1.54) is 23.8 Å². The molecule has 3 aromatic rings. The SMILES string of the molecule is CCOCCC(CCOC)Nc1ncc2cc(Oc3ccc(F)cc3F)c(=O)n(CC(C)O)c2n1. The summed E-state index contributed by atoms with van der Waals surface area (Å²) in [7, 11) is 1.62. The molecule has 0 saturated carbocycles. The van der Waals surface area contributed by atoms with E-state index in [1.807, 2.05) is 6.92 Å². The van der Waals surface area contributed by atoms with Crippen molar-refractivity contribution in [1.29, 1.82) is 0 Å². The highest BCUT2D eigenvalue weighted by atomic mass is 19.1. The van der Waals surface area contributed by atoms with Gasteiger partial charge in [0.05, 0.1) is 12.6 Å². The molecule has 2 N–H and O–H groups in total. The van der Waals surface area contributed by atoms with Crippen LogP contribution in [0, 0.1) is 11.6 Å². The molecule has 0 aliphatic rings. The van der Waals surface area contributed by atoms with Gasteiger partial charge in [-0.1, -0.05) is 0 Å². The quantitative estimate of drug-likeness (QED) is 0.349. The lowest BCUT2D eigenvalue weighted by molar-refractivity contribution is 0.134. The number of ether oxygens (including phenoxy) is 3. The third-order valence-corrected chi connectivity index (χ3v) is 5.17. The highest BCUT2D eigenvalue weighted by Crippen LogP contribution is 2.25. The van der Waals surface area contributed by atoms with Crippen LogP contribution in [0.3, 0.4) is 0 Å². The van der Waals surface area contributed by atoms with Crippen molar-refractivity contribution in [3.05, 3.63) is 52.5 Å². The van der Waals surface area contributed by atoms with E-state index in [1.54, 1.807) is 7.11 Å². The molecule has 1 aromatic carbocycles. The fourth-order valence-corrected chi connectivity index (χ4v) is 3.49. The predicted molar refractivity (Wildman–Crippen MR) is 127 cm³/mol. The molecule has 0 aliphatic carbocycles. The zero-order valence-corrected chi connectivity index (χ0v) is 20.0. The summed E-state index contributed by atoms with van der Waals surface area (Å²) in [6.45, 7) is 5.07. The molecule has 2 aromatic heterocycles. The van der Waals surface area contributed by atoms with Crippen molar-refractivity contribution in [2.24, 2.45) is 0 Å². The third kappa shape index (κ3) is 7.17. The molecular weight excluding hydrogens is 462 g/mol. The maximum Gasteiger partial charge on any atom is 0.295 e. The van der Waals surface area contributed by atoms with Gasteiger partial charge in [-0.2, -0.15) is 4.98 Å². The first-order valence-electron chi connectivity index (χ1n) is 11.4. The van der Waals surface area contributed by atoms with Gasteiger partial charge in [-0.15, -0.1) is 0 Å². The van der Waals surface area contributed by atoms with E-state index < -0.39 is 23.3 Å². The van der Waals surface area contributed by atoms with Crippen molar-refractivity contribution in [3.63, 3.8) is 0 Å². The lowest BCUT2D eigenvalue weighted by atomic mass is 10.1. The molecule has 2 heterocycles. The van der Waals surface area contributed by atoms with Crippen molar-refractivity contribution in [1.82, 2.24) is 14.5 Å². The molecule has 2 atom stereocenters. The molecule has 0 saturated heterocycles. The van der Waals surface area contributed by atoms with E-state index in [0.717, 1.165) is 12.1 Å². The lowest BCUT2D eigenvalue weighted by Gasteiger charge is -2.19. The van der Waals surface area contributed by atoms with Crippen LogP contribution in [0.2, 0.25) is 0 Å². The van der Waals surface area contributed by atoms with Crippen LogP contribution in [0.4, 0.5) is 14.7 Å². The molecular formula is C24H30F2N4O5. The number of fused-ring (bicyclic) bond motifs is 1. The zero-order valence-electron chi connectivity index (χ0n) is 20.0. The monoisotopic (exact) mass is 492 g/mol. The van der Waals surface area contributed by atoms with Gasteiger partial charge < -0.3 is 24.6 Å². The first kappa shape index (κ1) is 26.5. The average Bonchev–Trinajstić information content (AvgIpc) is 2.82. The standard InChI is InChI=1S/C24H30F2N4O5/c1-4-34-10-8-18(7-9-33-3)28-24-27-13-16-11-21(35-20-6-5-17(25)12-19(20)26)23(32)30(14-15(2)31)22(16)29-24/h5-6,11-13,15,18,31H,4,7-10,14H2,1-3H3,(H,27,28,29). The molecule has 190 valence electrons. The van der Waals surface area contributed by atoms with Gasteiger partial charge in [0.2, 0.25) is 5.95 Å². The molecule has 11 heteroatoms. The Morgan fingerprint density at radius 2 is 1.94 bits per heavy atom. The Morgan fingerprint density at radius 3 is 2.63 bits per heavy atom. The second kappa shape index (κ2) is 12.5. The van der Waals surface area contributed by atoms with Crippen LogP contribution in [-0.2, 0) is 16.0 Å². The molecule has 3 rings (SSSR count). The zero-order chi connectivity index (χ0) is 25.4. The van der Waals surface area contributed by atoms with Gasteiger partial charge in [0, 0.05) is 50.6 Å². The molecule has 9 nitrogen and oxygen atoms in total. The molecule has 0 fully saturated rings. The van der Waals surface area contributed by atoms with E-state index in [0.29, 0.717) is 50.1 Å². The molecule has 0 radical (unpaired) electrons. The van der Waals surface area contributed by atoms with Crippen LogP contribution in [0.5, 0.6) is 11.5 Å². The Bertz CT molecular complexity index is 1190. The molecule has 0 bridgehead atoms. The van der Waals surface area contributed by atoms with Crippen molar-refractivity contribution < 1.29 is 28.1 Å². The van der Waals surface area contributed by atoms with Crippen LogP contribution >= 0.6 is 0 Å². The van der Waals surface area contributed by atoms with Gasteiger partial charge in [-0.3, -0.25) is 9.36 Å². The number of hydrogen-bond acceptors (Lipinski definition) is 8. The van der Waals surface area contributed by atoms with Crippen LogP contribution < -0.4 is 15.6 Å². The van der Waals surface area contributed by atoms with Gasteiger partial charge in [-0.25, -0.2) is 13.8 Å². The third-order valence-electron chi connectivity index (χ3n) is 5.17. The summed E-state index contributed by atoms with van der Waals surface area (Å²) in [4.78, 5) is 22.0. The first-order chi connectivity index (χ1) is 16.8. The first-order valence-corrected chi connectivity index (χ1v) is 11.4. The summed E-state index contributed by atoms with van der Waals surface area (Å²) >= 11 is 0. The Morgan fingerprint density at radius 1 is 1.17 bits per heavy atom. The average molecular weight is 493 g/mol. The molecule has 0 amide bonds. The lowest BCUT2D eigenvalue weighted by Crippen LogP contribution is -2.28. The van der Waals surface area contributed by atoms with Crippen LogP contribution in [0.1, 0.15) is 26.7 Å². The molecule has 0 spiro atoms. The summed E-state index contributed by atoms with van der Waals surface area (Å²) in [5.74, 6) is -1.93. The number of rotatable bonds is 13. The number of hydrogen-bond donors (Lipinski definition) is 2. The molecule has 2 unspecified atom stereocenters. The topological polar surface area (TPSA) is 108 Å². The number of methoxy groups -OCH3 is 1. The Balaban J connectivity index is 1.97. The van der Waals surface area contributed by atoms with Crippen molar-refractivity contribution in [2.45, 2.75) is 45.4 Å². The van der Waals surface area contributed by atoms with Gasteiger partial charge in [-0.05, 0) is 44.9 Å². The minimum atomic E-state index is -0.948. The van der Waals surface area contributed by atoms with Crippen molar-refractivity contribution in [3.8, 4) is 11.5 Å². The summed E-state index contributed by atoms with van der Waals surface area (Å²) < 4.78 is 44.7. The number of aliphatic hydroxyl groups is 1. The smallest absolute Gasteiger partial charge is 0.295 e. The second-order valence-electron chi connectivity index (χ2n) is 8.03. The largest absolute Gasteiger partial charge is 0.448 e. The summed E-state index contributed by atoms with van der Waals surface area (Å²) in [5, 5.41) is 13.7. The minimum Gasteiger partial charge on any atom is -0.448 e. The van der Waals surface area contributed by atoms with Crippen molar-refractivity contribution >= 4 is 17.0 Å². The Kier molecular flexibility index (Phi) is 9.47. The van der Waals surface area contributed by atoms with E-state index in [-0.39, 0.29) is 29.7 Å². The summed E-state index contributed by atoms with van der Waals surface area (Å²) in [5.41, 5.74) is -0.352. The number of pyridine rings is 1. The van der Waals surface area contributed by atoms with E-state index in [2.05, 4.69) is 15.3 Å². The van der Waals surface area contributed by atoms with Crippen LogP contribution in [0.25, 0.3) is 11.0 Å². The molecule has 0 aliphatic heterocycles. The maximum absolute atomic E-state index is 14.1. The van der Waals surface area contributed by atoms with Crippen LogP contribution in [0.15, 0.2) is 35.3 Å². The van der Waals surface area contributed by atoms with E-state index in [4.69, 9.17) is 14.2 Å². The highest BCUT2D eigenvalue weighted by Gasteiger charge is 2.18. The van der Waals surface area contributed by atoms with Crippen LogP contribution in [-0.4, -0.2) is 58.7 Å². The normalized spacial score (nSPS) is 13.1.